The zero-order valence-electron chi connectivity index (χ0n) is 15.4. The number of nitrogens with zero attached hydrogens (tertiary/aromatic N) is 4. The molecule has 5 nitrogen and oxygen atoms in total. The van der Waals surface area contributed by atoms with E-state index in [1.165, 1.54) is 16.0 Å². The molecule has 0 N–H and O–H groups in total. The highest BCUT2D eigenvalue weighted by molar-refractivity contribution is 7.10. The van der Waals surface area contributed by atoms with Gasteiger partial charge in [-0.2, -0.15) is 0 Å². The number of fused-ring (bicyclic) bond motifs is 1. The minimum absolute atomic E-state index is 0.323. The molecule has 0 unspecified atom stereocenters. The van der Waals surface area contributed by atoms with E-state index in [4.69, 9.17) is 0 Å². The molecule has 2 aliphatic heterocycles. The molecule has 0 aromatic carbocycles. The lowest BCUT2D eigenvalue weighted by molar-refractivity contribution is -0.133. The van der Waals surface area contributed by atoms with Gasteiger partial charge in [-0.3, -0.25) is 4.79 Å². The molecule has 2 aromatic rings. The third-order valence-corrected chi connectivity index (χ3v) is 6.64. The number of aromatic nitrogens is 2. The van der Waals surface area contributed by atoms with Crippen LogP contribution in [0.5, 0.6) is 0 Å². The zero-order valence-corrected chi connectivity index (χ0v) is 16.2. The Morgan fingerprint density at radius 1 is 1.23 bits per heavy atom. The lowest BCUT2D eigenvalue weighted by Gasteiger charge is -2.33. The molecule has 1 amide bonds. The first kappa shape index (κ1) is 17.5. The van der Waals surface area contributed by atoms with E-state index in [9.17, 15) is 4.79 Å². The van der Waals surface area contributed by atoms with Gasteiger partial charge in [-0.25, -0.2) is 9.97 Å². The maximum absolute atomic E-state index is 12.7. The minimum atomic E-state index is 0.323. The third kappa shape index (κ3) is 3.75. The fourth-order valence-corrected chi connectivity index (χ4v) is 4.76. The van der Waals surface area contributed by atoms with Crippen molar-refractivity contribution in [3.05, 3.63) is 39.8 Å². The summed E-state index contributed by atoms with van der Waals surface area (Å²) in [6.07, 6.45) is 8.60. The molecule has 1 fully saturated rings. The molecule has 26 heavy (non-hydrogen) atoms. The summed E-state index contributed by atoms with van der Waals surface area (Å²) in [6.45, 7) is 5.68. The third-order valence-electron chi connectivity index (χ3n) is 5.62. The Morgan fingerprint density at radius 2 is 2.00 bits per heavy atom. The van der Waals surface area contributed by atoms with Gasteiger partial charge >= 0.3 is 0 Å². The highest BCUT2D eigenvalue weighted by atomic mass is 32.1. The first-order valence-corrected chi connectivity index (χ1v) is 10.5. The minimum Gasteiger partial charge on any atom is -0.341 e. The predicted molar refractivity (Wildman–Crippen MR) is 104 cm³/mol. The monoisotopic (exact) mass is 370 g/mol. The Morgan fingerprint density at radius 3 is 2.73 bits per heavy atom. The number of hydrogen-bond acceptors (Lipinski definition) is 5. The number of carbonyl (C=O) groups is 1. The quantitative estimate of drug-likeness (QED) is 0.829. The van der Waals surface area contributed by atoms with Gasteiger partial charge in [0.2, 0.25) is 11.9 Å². The highest BCUT2D eigenvalue weighted by Gasteiger charge is 2.27. The normalized spacial score (nSPS) is 18.0. The zero-order chi connectivity index (χ0) is 17.9. The summed E-state index contributed by atoms with van der Waals surface area (Å²) in [5.74, 6) is 1.63. The van der Waals surface area contributed by atoms with Crippen LogP contribution in [0, 0.1) is 5.92 Å². The molecule has 2 aromatic heterocycles. The van der Waals surface area contributed by atoms with Crippen LogP contribution >= 0.6 is 11.3 Å². The predicted octanol–water partition coefficient (Wildman–Crippen LogP) is 3.29. The summed E-state index contributed by atoms with van der Waals surface area (Å²) in [5, 5.41) is 2.14. The van der Waals surface area contributed by atoms with E-state index in [-0.39, 0.29) is 0 Å². The second kappa shape index (κ2) is 7.74. The van der Waals surface area contributed by atoms with Gasteiger partial charge in [-0.05, 0) is 54.2 Å². The Kier molecular flexibility index (Phi) is 5.20. The van der Waals surface area contributed by atoms with Crippen molar-refractivity contribution in [3.8, 4) is 0 Å². The van der Waals surface area contributed by atoms with Gasteiger partial charge in [0.05, 0.1) is 0 Å². The van der Waals surface area contributed by atoms with Crippen molar-refractivity contribution in [3.63, 3.8) is 0 Å². The average molecular weight is 371 g/mol. The van der Waals surface area contributed by atoms with Crippen molar-refractivity contribution in [2.75, 3.05) is 24.5 Å². The van der Waals surface area contributed by atoms with Crippen LogP contribution in [0.1, 0.15) is 42.2 Å². The van der Waals surface area contributed by atoms with Crippen LogP contribution in [0.4, 0.5) is 5.95 Å². The lowest BCUT2D eigenvalue weighted by Crippen LogP contribution is -2.39. The SMILES string of the molecule is CCc1cnc(N2CCC(CC(=O)N3CCc4sccc4C3)CC2)nc1. The van der Waals surface area contributed by atoms with Gasteiger partial charge in [0, 0.05) is 49.9 Å². The molecule has 138 valence electrons. The molecule has 1 saturated heterocycles. The fourth-order valence-electron chi connectivity index (χ4n) is 3.87. The number of anilines is 1. The van der Waals surface area contributed by atoms with Gasteiger partial charge in [0.1, 0.15) is 0 Å². The number of piperidine rings is 1. The summed E-state index contributed by atoms with van der Waals surface area (Å²) in [5.41, 5.74) is 2.52. The van der Waals surface area contributed by atoms with Gasteiger partial charge in [0.15, 0.2) is 0 Å². The molecular formula is C20H26N4OS. The maximum Gasteiger partial charge on any atom is 0.225 e. The number of carbonyl (C=O) groups excluding carboxylic acids is 1. The number of rotatable bonds is 4. The summed E-state index contributed by atoms with van der Waals surface area (Å²) in [4.78, 5) is 27.4. The number of hydrogen-bond donors (Lipinski definition) is 0. The Hall–Kier alpha value is -1.95. The van der Waals surface area contributed by atoms with Crippen LogP contribution in [-0.4, -0.2) is 40.4 Å². The highest BCUT2D eigenvalue weighted by Crippen LogP contribution is 2.27. The summed E-state index contributed by atoms with van der Waals surface area (Å²) < 4.78 is 0. The van der Waals surface area contributed by atoms with E-state index in [1.54, 1.807) is 0 Å². The molecular weight excluding hydrogens is 344 g/mol. The topological polar surface area (TPSA) is 49.3 Å². The molecule has 0 radical (unpaired) electrons. The van der Waals surface area contributed by atoms with Crippen LogP contribution in [0.25, 0.3) is 0 Å². The van der Waals surface area contributed by atoms with Crippen LogP contribution in [0.3, 0.4) is 0 Å². The molecule has 0 aliphatic carbocycles. The molecule has 0 saturated carbocycles. The van der Waals surface area contributed by atoms with Crippen molar-refractivity contribution in [2.45, 2.75) is 45.6 Å². The Labute approximate surface area is 159 Å². The van der Waals surface area contributed by atoms with Crippen molar-refractivity contribution in [1.29, 1.82) is 0 Å². The largest absolute Gasteiger partial charge is 0.341 e. The van der Waals surface area contributed by atoms with Crippen molar-refractivity contribution in [2.24, 2.45) is 5.92 Å². The first-order chi connectivity index (χ1) is 12.7. The van der Waals surface area contributed by atoms with Gasteiger partial charge in [-0.15, -0.1) is 11.3 Å². The van der Waals surface area contributed by atoms with Gasteiger partial charge in [-0.1, -0.05) is 6.92 Å². The Balaban J connectivity index is 1.27. The van der Waals surface area contributed by atoms with Crippen molar-refractivity contribution in [1.82, 2.24) is 14.9 Å². The second-order valence-corrected chi connectivity index (χ2v) is 8.31. The van der Waals surface area contributed by atoms with Crippen molar-refractivity contribution >= 4 is 23.2 Å². The fraction of sp³-hybridized carbons (Fsp3) is 0.550. The van der Waals surface area contributed by atoms with Crippen LogP contribution in [0.15, 0.2) is 23.8 Å². The molecule has 0 spiro atoms. The molecule has 6 heteroatoms. The first-order valence-electron chi connectivity index (χ1n) is 9.62. The van der Waals surface area contributed by atoms with Crippen molar-refractivity contribution < 1.29 is 4.79 Å². The number of aryl methyl sites for hydroxylation is 1. The van der Waals surface area contributed by atoms with E-state index in [1.807, 2.05) is 28.6 Å². The van der Waals surface area contributed by atoms with Crippen LogP contribution < -0.4 is 4.90 Å². The van der Waals surface area contributed by atoms with E-state index in [0.717, 1.165) is 57.8 Å². The van der Waals surface area contributed by atoms with Crippen LogP contribution in [-0.2, 0) is 24.2 Å². The summed E-state index contributed by atoms with van der Waals surface area (Å²) >= 11 is 1.82. The molecule has 2 aliphatic rings. The van der Waals surface area contributed by atoms with Gasteiger partial charge < -0.3 is 9.80 Å². The molecule has 4 heterocycles. The maximum atomic E-state index is 12.7. The summed E-state index contributed by atoms with van der Waals surface area (Å²) in [7, 11) is 0. The van der Waals surface area contributed by atoms with E-state index >= 15 is 0 Å². The number of amides is 1. The van der Waals surface area contributed by atoms with Crippen LogP contribution in [0.2, 0.25) is 0 Å². The van der Waals surface area contributed by atoms with E-state index in [2.05, 4.69) is 33.2 Å². The Bertz CT molecular complexity index is 749. The molecule has 0 atom stereocenters. The van der Waals surface area contributed by atoms with E-state index < -0.39 is 0 Å². The molecule has 4 rings (SSSR count). The second-order valence-electron chi connectivity index (χ2n) is 7.31. The molecule has 0 bridgehead atoms. The lowest BCUT2D eigenvalue weighted by atomic mass is 9.92. The van der Waals surface area contributed by atoms with E-state index in [0.29, 0.717) is 18.2 Å². The smallest absolute Gasteiger partial charge is 0.225 e. The average Bonchev–Trinajstić information content (AvgIpc) is 3.16. The summed E-state index contributed by atoms with van der Waals surface area (Å²) in [6, 6.07) is 2.17. The number of thiophene rings is 1. The van der Waals surface area contributed by atoms with Gasteiger partial charge in [0.25, 0.3) is 0 Å². The standard InChI is InChI=1S/C20H26N4OS/c1-2-15-12-21-20(22-13-15)23-7-3-16(4-8-23)11-19(25)24-9-5-18-17(14-24)6-10-26-18/h6,10,12-13,16H,2-5,7-9,11,14H2,1H3.